The van der Waals surface area contributed by atoms with Crippen molar-refractivity contribution in [1.29, 1.82) is 0 Å². The van der Waals surface area contributed by atoms with Gasteiger partial charge >= 0.3 is 12.1 Å². The van der Waals surface area contributed by atoms with Crippen LogP contribution in [0.1, 0.15) is 0 Å². The summed E-state index contributed by atoms with van der Waals surface area (Å²) in [5.41, 5.74) is -2.48. The van der Waals surface area contributed by atoms with Gasteiger partial charge in [-0.3, -0.25) is 0 Å². The number of anilines is 1. The van der Waals surface area contributed by atoms with Gasteiger partial charge in [0.25, 0.3) is 5.54 Å². The van der Waals surface area contributed by atoms with Crippen molar-refractivity contribution in [2.24, 2.45) is 0 Å². The van der Waals surface area contributed by atoms with Crippen molar-refractivity contribution in [1.82, 2.24) is 0 Å². The van der Waals surface area contributed by atoms with E-state index in [0.29, 0.717) is 0 Å². The third-order valence-corrected chi connectivity index (χ3v) is 2.63. The molecule has 1 atom stereocenters. The molecule has 1 aliphatic rings. The number of carboxylic acid groups (broad SMARTS) is 1. The fourth-order valence-corrected chi connectivity index (χ4v) is 1.66. The summed E-state index contributed by atoms with van der Waals surface area (Å²) in [7, 11) is 0. The van der Waals surface area contributed by atoms with Gasteiger partial charge in [0, 0.05) is 5.69 Å². The molecule has 0 radical (unpaired) electrons. The number of para-hydroxylation sites is 1. The molecule has 1 N–H and O–H groups in total. The van der Waals surface area contributed by atoms with E-state index in [1.165, 1.54) is 12.1 Å². The van der Waals surface area contributed by atoms with Crippen LogP contribution in [-0.4, -0.2) is 29.3 Å². The Labute approximate surface area is 89.1 Å². The van der Waals surface area contributed by atoms with E-state index in [0.717, 1.165) is 4.90 Å². The minimum absolute atomic E-state index is 0.266. The van der Waals surface area contributed by atoms with Crippen molar-refractivity contribution >= 4 is 11.7 Å². The van der Waals surface area contributed by atoms with Gasteiger partial charge in [-0.25, -0.2) is 4.79 Å². The zero-order chi connectivity index (χ0) is 12.0. The topological polar surface area (TPSA) is 40.3 Å². The van der Waals surface area contributed by atoms with E-state index >= 15 is 0 Å². The number of aliphatic carboxylic acids is 1. The molecule has 0 spiro atoms. The molecule has 0 saturated carbocycles. The average Bonchev–Trinajstić information content (AvgIpc) is 2.94. The molecule has 0 bridgehead atoms. The highest BCUT2D eigenvalue weighted by molar-refractivity contribution is 5.92. The van der Waals surface area contributed by atoms with Crippen LogP contribution in [0.4, 0.5) is 18.9 Å². The molecule has 16 heavy (non-hydrogen) atoms. The molecule has 0 amide bonds. The van der Waals surface area contributed by atoms with Gasteiger partial charge < -0.3 is 10.0 Å². The summed E-state index contributed by atoms with van der Waals surface area (Å²) >= 11 is 0. The van der Waals surface area contributed by atoms with Gasteiger partial charge in [-0.1, -0.05) is 18.2 Å². The predicted octanol–water partition coefficient (Wildman–Crippen LogP) is 1.89. The van der Waals surface area contributed by atoms with Crippen molar-refractivity contribution in [2.75, 3.05) is 11.4 Å². The van der Waals surface area contributed by atoms with Crippen LogP contribution in [0.5, 0.6) is 0 Å². The molecule has 3 nitrogen and oxygen atoms in total. The third-order valence-electron chi connectivity index (χ3n) is 2.63. The summed E-state index contributed by atoms with van der Waals surface area (Å²) < 4.78 is 38.0. The Balaban J connectivity index is 2.34. The molecule has 86 valence electrons. The van der Waals surface area contributed by atoms with Crippen LogP contribution in [0.25, 0.3) is 0 Å². The van der Waals surface area contributed by atoms with E-state index in [4.69, 9.17) is 5.11 Å². The molecular weight excluding hydrogens is 223 g/mol. The number of hydrogen-bond donors (Lipinski definition) is 1. The number of nitrogens with zero attached hydrogens (tertiary/aromatic N) is 1. The predicted molar refractivity (Wildman–Crippen MR) is 50.2 cm³/mol. The fourth-order valence-electron chi connectivity index (χ4n) is 1.66. The zero-order valence-electron chi connectivity index (χ0n) is 8.03. The van der Waals surface area contributed by atoms with Crippen LogP contribution in [-0.2, 0) is 4.79 Å². The Kier molecular flexibility index (Phi) is 2.11. The van der Waals surface area contributed by atoms with Crippen LogP contribution in [0.15, 0.2) is 30.3 Å². The van der Waals surface area contributed by atoms with Gasteiger partial charge in [-0.2, -0.15) is 13.2 Å². The average molecular weight is 231 g/mol. The van der Waals surface area contributed by atoms with E-state index < -0.39 is 24.2 Å². The highest BCUT2D eigenvalue weighted by Crippen LogP contribution is 2.49. The summed E-state index contributed by atoms with van der Waals surface area (Å²) in [5.74, 6) is -1.86. The molecule has 1 aromatic carbocycles. The second kappa shape index (κ2) is 3.13. The quantitative estimate of drug-likeness (QED) is 0.790. The maximum atomic E-state index is 12.7. The fraction of sp³-hybridized carbons (Fsp3) is 0.300. The number of halogens is 3. The molecule has 6 heteroatoms. The monoisotopic (exact) mass is 231 g/mol. The maximum absolute atomic E-state index is 12.7. The first-order valence-electron chi connectivity index (χ1n) is 4.52. The maximum Gasteiger partial charge on any atom is 0.424 e. The molecule has 1 unspecified atom stereocenters. The van der Waals surface area contributed by atoms with Crippen LogP contribution in [0.3, 0.4) is 0 Å². The third kappa shape index (κ3) is 1.33. The normalized spacial score (nSPS) is 24.3. The van der Waals surface area contributed by atoms with Gasteiger partial charge in [0.2, 0.25) is 0 Å². The number of rotatable bonds is 2. The molecule has 0 aliphatic carbocycles. The SMILES string of the molecule is O=C(O)C1(C(F)(F)F)CN1c1ccccc1. The molecule has 2 rings (SSSR count). The van der Waals surface area contributed by atoms with E-state index in [-0.39, 0.29) is 5.69 Å². The molecule has 0 aromatic heterocycles. The second-order valence-electron chi connectivity index (χ2n) is 3.58. The lowest BCUT2D eigenvalue weighted by Gasteiger charge is -2.17. The highest BCUT2D eigenvalue weighted by Gasteiger charge is 2.75. The molecule has 1 fully saturated rings. The van der Waals surface area contributed by atoms with Gasteiger partial charge in [0.1, 0.15) is 0 Å². The Morgan fingerprint density at radius 1 is 1.31 bits per heavy atom. The van der Waals surface area contributed by atoms with Crippen molar-refractivity contribution in [3.63, 3.8) is 0 Å². The number of benzene rings is 1. The molecule has 1 heterocycles. The standard InChI is InChI=1S/C10H8F3NO2/c11-10(12,13)9(8(15)16)6-14(9)7-4-2-1-3-5-7/h1-5H,6H2,(H,15,16). The Bertz CT molecular complexity index is 418. The summed E-state index contributed by atoms with van der Waals surface area (Å²) in [5, 5.41) is 8.71. The first kappa shape index (κ1) is 10.8. The van der Waals surface area contributed by atoms with E-state index in [1.54, 1.807) is 18.2 Å². The van der Waals surface area contributed by atoms with E-state index in [1.807, 2.05) is 0 Å². The Morgan fingerprint density at radius 3 is 2.25 bits per heavy atom. The van der Waals surface area contributed by atoms with Gasteiger partial charge in [0.05, 0.1) is 6.54 Å². The van der Waals surface area contributed by atoms with Crippen molar-refractivity contribution < 1.29 is 23.1 Å². The number of hydrogen-bond acceptors (Lipinski definition) is 2. The van der Waals surface area contributed by atoms with Crippen LogP contribution >= 0.6 is 0 Å². The summed E-state index contributed by atoms with van der Waals surface area (Å²) in [6, 6.07) is 7.70. The number of carbonyl (C=O) groups is 1. The largest absolute Gasteiger partial charge is 0.479 e. The zero-order valence-corrected chi connectivity index (χ0v) is 8.03. The van der Waals surface area contributed by atoms with Gasteiger partial charge in [-0.05, 0) is 12.1 Å². The number of alkyl halides is 3. The molecular formula is C10H8F3NO2. The lowest BCUT2D eigenvalue weighted by molar-refractivity contribution is -0.180. The van der Waals surface area contributed by atoms with Gasteiger partial charge in [0.15, 0.2) is 0 Å². The van der Waals surface area contributed by atoms with Crippen LogP contribution in [0.2, 0.25) is 0 Å². The summed E-state index contributed by atoms with van der Waals surface area (Å²) in [6.07, 6.45) is -4.77. The smallest absolute Gasteiger partial charge is 0.424 e. The summed E-state index contributed by atoms with van der Waals surface area (Å²) in [4.78, 5) is 11.6. The molecule has 1 aliphatic heterocycles. The van der Waals surface area contributed by atoms with Gasteiger partial charge in [-0.15, -0.1) is 0 Å². The lowest BCUT2D eigenvalue weighted by atomic mass is 10.1. The van der Waals surface area contributed by atoms with Crippen molar-refractivity contribution in [3.05, 3.63) is 30.3 Å². The highest BCUT2D eigenvalue weighted by atomic mass is 19.4. The van der Waals surface area contributed by atoms with Crippen LogP contribution in [0, 0.1) is 0 Å². The minimum Gasteiger partial charge on any atom is -0.479 e. The lowest BCUT2D eigenvalue weighted by Crippen LogP contribution is -2.44. The van der Waals surface area contributed by atoms with Crippen molar-refractivity contribution in [3.8, 4) is 0 Å². The van der Waals surface area contributed by atoms with Crippen LogP contribution < -0.4 is 4.90 Å². The Hall–Kier alpha value is -1.72. The van der Waals surface area contributed by atoms with E-state index in [2.05, 4.69) is 0 Å². The first-order valence-corrected chi connectivity index (χ1v) is 4.52. The Morgan fingerprint density at radius 2 is 1.88 bits per heavy atom. The van der Waals surface area contributed by atoms with E-state index in [9.17, 15) is 18.0 Å². The molecule has 1 aromatic rings. The number of carboxylic acids is 1. The minimum atomic E-state index is -4.77. The van der Waals surface area contributed by atoms with Crippen molar-refractivity contribution in [2.45, 2.75) is 11.7 Å². The first-order chi connectivity index (χ1) is 7.39. The summed E-state index contributed by atoms with van der Waals surface area (Å²) in [6.45, 7) is -0.532. The second-order valence-corrected chi connectivity index (χ2v) is 3.58. The molecule has 1 saturated heterocycles.